The Hall–Kier alpha value is -1.30. The Labute approximate surface area is 163 Å². The Kier molecular flexibility index (Phi) is 5.90. The maximum Gasteiger partial charge on any atom is 0.315 e. The van der Waals surface area contributed by atoms with Crippen LogP contribution < -0.4 is 15.5 Å². The third-order valence-electron chi connectivity index (χ3n) is 7.47. The van der Waals surface area contributed by atoms with Crippen molar-refractivity contribution in [3.8, 4) is 0 Å². The van der Waals surface area contributed by atoms with Gasteiger partial charge in [0, 0.05) is 18.9 Å². The first-order valence-electron chi connectivity index (χ1n) is 11.4. The zero-order valence-electron chi connectivity index (χ0n) is 16.7. The van der Waals surface area contributed by atoms with Crippen LogP contribution in [0.3, 0.4) is 0 Å². The van der Waals surface area contributed by atoms with Gasteiger partial charge in [0.2, 0.25) is 5.91 Å². The van der Waals surface area contributed by atoms with Gasteiger partial charge in [0.05, 0.1) is 26.2 Å². The van der Waals surface area contributed by atoms with Gasteiger partial charge < -0.3 is 20.4 Å². The molecule has 6 heteroatoms. The van der Waals surface area contributed by atoms with E-state index in [-0.39, 0.29) is 18.0 Å². The van der Waals surface area contributed by atoms with Gasteiger partial charge in [-0.2, -0.15) is 0 Å². The van der Waals surface area contributed by atoms with Gasteiger partial charge in [0.15, 0.2) is 0 Å². The van der Waals surface area contributed by atoms with Gasteiger partial charge in [-0.1, -0.05) is 38.5 Å². The number of piperazine rings is 1. The molecule has 3 N–H and O–H groups in total. The minimum atomic E-state index is -0.674. The van der Waals surface area contributed by atoms with Crippen molar-refractivity contribution in [2.45, 2.75) is 94.7 Å². The molecule has 0 radical (unpaired) electrons. The highest BCUT2D eigenvalue weighted by molar-refractivity contribution is 5.91. The van der Waals surface area contributed by atoms with Gasteiger partial charge in [-0.05, 0) is 25.7 Å². The van der Waals surface area contributed by atoms with Crippen molar-refractivity contribution in [1.82, 2.24) is 15.5 Å². The van der Waals surface area contributed by atoms with Crippen LogP contribution in [-0.4, -0.2) is 60.6 Å². The number of hydrogen-bond donors (Lipinski definition) is 3. The van der Waals surface area contributed by atoms with Crippen LogP contribution in [0.4, 0.5) is 4.79 Å². The van der Waals surface area contributed by atoms with E-state index in [9.17, 15) is 9.59 Å². The molecule has 152 valence electrons. The van der Waals surface area contributed by atoms with Gasteiger partial charge in [0.1, 0.15) is 11.6 Å². The average Bonchev–Trinajstić information content (AvgIpc) is 3.16. The maximum atomic E-state index is 13.6. The lowest BCUT2D eigenvalue weighted by atomic mass is 9.80. The number of rotatable bonds is 3. The summed E-state index contributed by atoms with van der Waals surface area (Å²) in [5, 5.41) is 6.35. The van der Waals surface area contributed by atoms with Crippen molar-refractivity contribution in [2.24, 2.45) is 0 Å². The Morgan fingerprint density at radius 1 is 0.889 bits per heavy atom. The van der Waals surface area contributed by atoms with Crippen molar-refractivity contribution in [3.63, 3.8) is 0 Å². The van der Waals surface area contributed by atoms with Crippen molar-refractivity contribution < 1.29 is 14.5 Å². The molecule has 4 rings (SSSR count). The Balaban J connectivity index is 1.41. The number of urea groups is 1. The summed E-state index contributed by atoms with van der Waals surface area (Å²) in [4.78, 5) is 30.1. The van der Waals surface area contributed by atoms with Crippen molar-refractivity contribution >= 4 is 11.9 Å². The van der Waals surface area contributed by atoms with Gasteiger partial charge >= 0.3 is 6.03 Å². The molecular weight excluding hydrogens is 340 g/mol. The van der Waals surface area contributed by atoms with Gasteiger partial charge in [-0.25, -0.2) is 4.79 Å². The summed E-state index contributed by atoms with van der Waals surface area (Å²) >= 11 is 0. The van der Waals surface area contributed by atoms with Crippen molar-refractivity contribution in [3.05, 3.63) is 0 Å². The molecule has 2 saturated heterocycles. The second-order valence-corrected chi connectivity index (χ2v) is 9.32. The van der Waals surface area contributed by atoms with E-state index >= 15 is 0 Å². The van der Waals surface area contributed by atoms with Gasteiger partial charge in [0.25, 0.3) is 0 Å². The fourth-order valence-corrected chi connectivity index (χ4v) is 5.89. The molecule has 2 aliphatic heterocycles. The summed E-state index contributed by atoms with van der Waals surface area (Å²) in [5.41, 5.74) is -0.674. The van der Waals surface area contributed by atoms with E-state index in [1.807, 2.05) is 0 Å². The number of nitrogens with zero attached hydrogens (tertiary/aromatic N) is 1. The Morgan fingerprint density at radius 3 is 2.41 bits per heavy atom. The number of carbonyl (C=O) groups is 2. The quantitative estimate of drug-likeness (QED) is 0.692. The highest BCUT2D eigenvalue weighted by atomic mass is 16.2. The average molecular weight is 378 g/mol. The Bertz CT molecular complexity index is 540. The molecule has 2 saturated carbocycles. The molecule has 0 aromatic rings. The van der Waals surface area contributed by atoms with Crippen LogP contribution in [0.2, 0.25) is 0 Å². The molecule has 0 aromatic heterocycles. The van der Waals surface area contributed by atoms with Gasteiger partial charge in [-0.3, -0.25) is 4.79 Å². The topological polar surface area (TPSA) is 65.9 Å². The number of nitrogens with one attached hydrogen (secondary N) is 3. The summed E-state index contributed by atoms with van der Waals surface area (Å²) < 4.78 is 0. The molecule has 4 aliphatic rings. The van der Waals surface area contributed by atoms with Crippen LogP contribution in [0.15, 0.2) is 0 Å². The van der Waals surface area contributed by atoms with E-state index in [1.165, 1.54) is 45.1 Å². The van der Waals surface area contributed by atoms with Crippen LogP contribution in [0, 0.1) is 0 Å². The zero-order chi connectivity index (χ0) is 18.7. The van der Waals surface area contributed by atoms with E-state index in [2.05, 4.69) is 15.5 Å². The minimum absolute atomic E-state index is 0.123. The molecule has 6 nitrogen and oxygen atoms in total. The van der Waals surface area contributed by atoms with Gasteiger partial charge in [-0.15, -0.1) is 0 Å². The lowest BCUT2D eigenvalue weighted by Crippen LogP contribution is -3.16. The summed E-state index contributed by atoms with van der Waals surface area (Å²) in [6.07, 6.45) is 13.2. The SMILES string of the molecule is O=C(NC1CCCCC1)NC1(C(=O)N2CC[NH+]3CCC[C@@H]3C2)CCCCC1. The molecule has 1 unspecified atom stereocenters. The van der Waals surface area contributed by atoms with E-state index in [0.29, 0.717) is 6.04 Å². The van der Waals surface area contributed by atoms with Crippen LogP contribution in [0.1, 0.15) is 77.0 Å². The first kappa shape index (κ1) is 19.0. The Morgan fingerprint density at radius 2 is 1.63 bits per heavy atom. The fraction of sp³-hybridized carbons (Fsp3) is 0.905. The summed E-state index contributed by atoms with van der Waals surface area (Å²) in [7, 11) is 0. The third-order valence-corrected chi connectivity index (χ3v) is 7.47. The predicted octanol–water partition coefficient (Wildman–Crippen LogP) is 1.21. The fourth-order valence-electron chi connectivity index (χ4n) is 5.89. The first-order chi connectivity index (χ1) is 13.2. The number of amides is 3. The molecule has 0 spiro atoms. The largest absolute Gasteiger partial charge is 0.335 e. The highest BCUT2D eigenvalue weighted by Crippen LogP contribution is 2.31. The molecule has 2 aliphatic carbocycles. The standard InChI is InChI=1S/C21H36N4O2/c26-19(25-15-14-24-13-7-10-18(24)16-25)21(11-5-2-6-12-21)23-20(27)22-17-8-3-1-4-9-17/h17-18H,1-16H2,(H2,22,23,27)/p+1/t18-/m1/s1. The molecular formula is C21H37N4O2+. The van der Waals surface area contributed by atoms with Crippen LogP contribution in [0.5, 0.6) is 0 Å². The number of fused-ring (bicyclic) bond motifs is 1. The first-order valence-corrected chi connectivity index (χ1v) is 11.4. The monoisotopic (exact) mass is 377 g/mol. The lowest BCUT2D eigenvalue weighted by molar-refractivity contribution is -0.916. The van der Waals surface area contributed by atoms with E-state index in [0.717, 1.165) is 58.2 Å². The highest BCUT2D eigenvalue weighted by Gasteiger charge is 2.46. The molecule has 2 atom stereocenters. The number of quaternary nitrogens is 1. The number of carbonyl (C=O) groups excluding carboxylic acids is 2. The van der Waals surface area contributed by atoms with E-state index in [4.69, 9.17) is 0 Å². The normalized spacial score (nSPS) is 31.2. The summed E-state index contributed by atoms with van der Waals surface area (Å²) in [6.45, 7) is 4.06. The van der Waals surface area contributed by atoms with E-state index < -0.39 is 5.54 Å². The minimum Gasteiger partial charge on any atom is -0.335 e. The van der Waals surface area contributed by atoms with Crippen molar-refractivity contribution in [1.29, 1.82) is 0 Å². The zero-order valence-corrected chi connectivity index (χ0v) is 16.7. The molecule has 2 heterocycles. The number of hydrogen-bond acceptors (Lipinski definition) is 2. The second kappa shape index (κ2) is 8.38. The van der Waals surface area contributed by atoms with Crippen LogP contribution in [-0.2, 0) is 4.79 Å². The van der Waals surface area contributed by atoms with Crippen molar-refractivity contribution in [2.75, 3.05) is 26.2 Å². The lowest BCUT2D eigenvalue weighted by Gasteiger charge is -2.43. The smallest absolute Gasteiger partial charge is 0.315 e. The second-order valence-electron chi connectivity index (χ2n) is 9.32. The maximum absolute atomic E-state index is 13.6. The molecule has 0 bridgehead atoms. The summed E-state index contributed by atoms with van der Waals surface area (Å²) in [5.74, 6) is 0.187. The predicted molar refractivity (Wildman–Crippen MR) is 105 cm³/mol. The molecule has 3 amide bonds. The summed E-state index contributed by atoms with van der Waals surface area (Å²) in [6, 6.07) is 0.766. The molecule has 4 fully saturated rings. The molecule has 0 aromatic carbocycles. The van der Waals surface area contributed by atoms with Crippen LogP contribution >= 0.6 is 0 Å². The molecule has 27 heavy (non-hydrogen) atoms. The van der Waals surface area contributed by atoms with E-state index in [1.54, 1.807) is 4.90 Å². The van der Waals surface area contributed by atoms with Crippen LogP contribution in [0.25, 0.3) is 0 Å². The third kappa shape index (κ3) is 4.25.